The fraction of sp³-hybridized carbons (Fsp3) is 0.379. The maximum absolute atomic E-state index is 15.1. The third kappa shape index (κ3) is 8.08. The molecule has 0 radical (unpaired) electrons. The molecule has 222 valence electrons. The minimum atomic E-state index is -1.75. The zero-order chi connectivity index (χ0) is 30.3. The second-order valence-electron chi connectivity index (χ2n) is 10.0. The number of carboxylic acid groups (broad SMARTS) is 1. The van der Waals surface area contributed by atoms with Gasteiger partial charge in [0, 0.05) is 35.4 Å². The van der Waals surface area contributed by atoms with Gasteiger partial charge in [0.2, 0.25) is 0 Å². The van der Waals surface area contributed by atoms with Crippen molar-refractivity contribution >= 4 is 11.8 Å². The van der Waals surface area contributed by atoms with Crippen LogP contribution in [0.25, 0.3) is 5.69 Å². The first-order valence-corrected chi connectivity index (χ1v) is 13.1. The molecule has 0 aliphatic carbocycles. The molecule has 0 spiro atoms. The molecule has 3 rings (SSSR count). The number of anilines is 1. The van der Waals surface area contributed by atoms with E-state index in [4.69, 9.17) is 10.5 Å². The summed E-state index contributed by atoms with van der Waals surface area (Å²) in [6, 6.07) is 5.63. The molecule has 2 aromatic carbocycles. The van der Waals surface area contributed by atoms with Crippen LogP contribution >= 0.6 is 0 Å². The van der Waals surface area contributed by atoms with Crippen molar-refractivity contribution in [3.63, 3.8) is 0 Å². The summed E-state index contributed by atoms with van der Waals surface area (Å²) in [4.78, 5) is 23.8. The summed E-state index contributed by atoms with van der Waals surface area (Å²) < 4.78 is 63.6. The lowest BCUT2D eigenvalue weighted by atomic mass is 10.0. The number of aliphatic hydroxyl groups is 1. The molecule has 0 fully saturated rings. The molecule has 5 N–H and O–H groups in total. The van der Waals surface area contributed by atoms with Crippen LogP contribution < -0.4 is 21.3 Å². The van der Waals surface area contributed by atoms with E-state index in [0.29, 0.717) is 42.9 Å². The van der Waals surface area contributed by atoms with Crippen LogP contribution in [0.5, 0.6) is 5.75 Å². The summed E-state index contributed by atoms with van der Waals surface area (Å²) in [6.45, 7) is 4.53. The van der Waals surface area contributed by atoms with Crippen LogP contribution in [0.15, 0.2) is 47.3 Å². The second kappa shape index (κ2) is 14.1. The minimum Gasteiger partial charge on any atom is -0.493 e. The fourth-order valence-electron chi connectivity index (χ4n) is 4.37. The summed E-state index contributed by atoms with van der Waals surface area (Å²) >= 11 is 0. The zero-order valence-electron chi connectivity index (χ0n) is 22.7. The van der Waals surface area contributed by atoms with E-state index >= 15 is 8.78 Å². The number of benzene rings is 2. The number of ether oxygens (including phenoxy) is 1. The highest BCUT2D eigenvalue weighted by Gasteiger charge is 2.24. The molecule has 0 amide bonds. The van der Waals surface area contributed by atoms with Crippen molar-refractivity contribution in [3.8, 4) is 11.4 Å². The van der Waals surface area contributed by atoms with Gasteiger partial charge >= 0.3 is 5.97 Å². The van der Waals surface area contributed by atoms with Crippen LogP contribution in [0, 0.1) is 29.2 Å². The Morgan fingerprint density at radius 1 is 0.976 bits per heavy atom. The van der Waals surface area contributed by atoms with E-state index in [9.17, 15) is 28.6 Å². The Morgan fingerprint density at radius 3 is 2.24 bits per heavy atom. The standard InChI is InChI=1S/C29H33F4N3O5/c1-16(2)12-24(29(39)40)35-10-4-3-5-11-41-18-14-22(32)26(23(33)15-18)36-25(37)9-8-20(28(36)34)27(38)19-7-6-17(30)13-21(19)31/h6-9,13-16,24,27,35,38H,3-5,10-12,34H2,1-2H3,(H,39,40)/t24-,27?/m0/s1. The van der Waals surface area contributed by atoms with Gasteiger partial charge in [-0.25, -0.2) is 17.6 Å². The first kappa shape index (κ1) is 31.6. The molecule has 2 atom stereocenters. The first-order chi connectivity index (χ1) is 19.4. The first-order valence-electron chi connectivity index (χ1n) is 13.1. The van der Waals surface area contributed by atoms with Crippen molar-refractivity contribution in [2.75, 3.05) is 18.9 Å². The highest BCUT2D eigenvalue weighted by atomic mass is 19.1. The van der Waals surface area contributed by atoms with Crippen molar-refractivity contribution in [2.45, 2.75) is 51.7 Å². The van der Waals surface area contributed by atoms with Gasteiger partial charge in [-0.3, -0.25) is 14.2 Å². The number of unbranched alkanes of at least 4 members (excludes halogenated alkanes) is 2. The van der Waals surface area contributed by atoms with Crippen molar-refractivity contribution in [1.29, 1.82) is 0 Å². The number of pyridine rings is 1. The van der Waals surface area contributed by atoms with Crippen LogP contribution in [-0.2, 0) is 4.79 Å². The highest BCUT2D eigenvalue weighted by molar-refractivity contribution is 5.73. The van der Waals surface area contributed by atoms with E-state index in [1.165, 1.54) is 0 Å². The molecule has 1 aromatic heterocycles. The number of aliphatic hydroxyl groups excluding tert-OH is 1. The highest BCUT2D eigenvalue weighted by Crippen LogP contribution is 2.31. The van der Waals surface area contributed by atoms with Gasteiger partial charge in [-0.15, -0.1) is 0 Å². The lowest BCUT2D eigenvalue weighted by molar-refractivity contribution is -0.139. The number of nitrogens with one attached hydrogen (secondary N) is 1. The summed E-state index contributed by atoms with van der Waals surface area (Å²) in [5.41, 5.74) is 3.73. The Labute approximate surface area is 234 Å². The molecular weight excluding hydrogens is 546 g/mol. The van der Waals surface area contributed by atoms with E-state index < -0.39 is 58.4 Å². The van der Waals surface area contributed by atoms with Gasteiger partial charge in [-0.05, 0) is 50.3 Å². The molecule has 3 aromatic rings. The summed E-state index contributed by atoms with van der Waals surface area (Å²) in [5.74, 6) is -5.59. The Kier molecular flexibility index (Phi) is 10.9. The third-order valence-corrected chi connectivity index (χ3v) is 6.41. The fourth-order valence-corrected chi connectivity index (χ4v) is 4.37. The van der Waals surface area contributed by atoms with Crippen LogP contribution in [0.1, 0.15) is 56.8 Å². The van der Waals surface area contributed by atoms with Crippen molar-refractivity contribution in [1.82, 2.24) is 9.88 Å². The molecule has 1 heterocycles. The van der Waals surface area contributed by atoms with Gasteiger partial charge in [0.15, 0.2) is 11.6 Å². The lowest BCUT2D eigenvalue weighted by Gasteiger charge is -2.19. The summed E-state index contributed by atoms with van der Waals surface area (Å²) in [5, 5.41) is 22.9. The van der Waals surface area contributed by atoms with Gasteiger partial charge in [-0.1, -0.05) is 19.9 Å². The molecule has 0 aliphatic heterocycles. The Balaban J connectivity index is 1.67. The van der Waals surface area contributed by atoms with E-state index in [0.717, 1.165) is 36.4 Å². The van der Waals surface area contributed by atoms with Gasteiger partial charge in [0.05, 0.1) is 6.61 Å². The van der Waals surface area contributed by atoms with Gasteiger partial charge in [0.25, 0.3) is 5.56 Å². The number of nitrogens with zero attached hydrogens (tertiary/aromatic N) is 1. The van der Waals surface area contributed by atoms with Crippen LogP contribution in [0.3, 0.4) is 0 Å². The number of aliphatic carboxylic acids is 1. The van der Waals surface area contributed by atoms with Crippen molar-refractivity contribution in [2.24, 2.45) is 5.92 Å². The third-order valence-electron chi connectivity index (χ3n) is 6.41. The van der Waals surface area contributed by atoms with Gasteiger partial charge in [0.1, 0.15) is 41.0 Å². The summed E-state index contributed by atoms with van der Waals surface area (Å²) in [7, 11) is 0. The lowest BCUT2D eigenvalue weighted by Crippen LogP contribution is -2.38. The number of nitrogens with two attached hydrogens (primary N) is 1. The average molecular weight is 580 g/mol. The second-order valence-corrected chi connectivity index (χ2v) is 10.0. The monoisotopic (exact) mass is 579 g/mol. The van der Waals surface area contributed by atoms with E-state index in [1.807, 2.05) is 13.8 Å². The number of carbonyl (C=O) groups is 1. The number of hydrogen-bond acceptors (Lipinski definition) is 6. The SMILES string of the molecule is CC(C)C[C@H](NCCCCCOc1cc(F)c(-n2c(N)c(C(O)c3ccc(F)cc3F)ccc2=O)c(F)c1)C(=O)O. The topological polar surface area (TPSA) is 127 Å². The number of carboxylic acids is 1. The predicted molar refractivity (Wildman–Crippen MR) is 145 cm³/mol. The molecule has 12 heteroatoms. The molecule has 0 saturated carbocycles. The number of aromatic nitrogens is 1. The Hall–Kier alpha value is -3.90. The molecule has 0 bridgehead atoms. The predicted octanol–water partition coefficient (Wildman–Crippen LogP) is 4.70. The number of rotatable bonds is 14. The van der Waals surface area contributed by atoms with E-state index in [2.05, 4.69) is 5.32 Å². The molecule has 41 heavy (non-hydrogen) atoms. The number of hydrogen-bond donors (Lipinski definition) is 4. The van der Waals surface area contributed by atoms with Crippen LogP contribution in [-0.4, -0.2) is 39.9 Å². The van der Waals surface area contributed by atoms with Crippen LogP contribution in [0.4, 0.5) is 23.4 Å². The molecular formula is C29H33F4N3O5. The molecule has 8 nitrogen and oxygen atoms in total. The quantitative estimate of drug-likeness (QED) is 0.161. The van der Waals surface area contributed by atoms with Crippen LogP contribution in [0.2, 0.25) is 0 Å². The Morgan fingerprint density at radius 2 is 1.63 bits per heavy atom. The van der Waals surface area contributed by atoms with Crippen molar-refractivity contribution < 1.29 is 37.3 Å². The van der Waals surface area contributed by atoms with E-state index in [1.54, 1.807) is 0 Å². The Bertz CT molecular complexity index is 1410. The summed E-state index contributed by atoms with van der Waals surface area (Å²) in [6.07, 6.45) is 0.664. The normalized spacial score (nSPS) is 12.9. The molecule has 1 unspecified atom stereocenters. The number of nitrogen functional groups attached to an aromatic ring is 1. The average Bonchev–Trinajstić information content (AvgIpc) is 2.88. The smallest absolute Gasteiger partial charge is 0.320 e. The minimum absolute atomic E-state index is 0.124. The maximum Gasteiger partial charge on any atom is 0.320 e. The molecule has 0 saturated heterocycles. The van der Waals surface area contributed by atoms with Gasteiger partial charge < -0.3 is 26.0 Å². The number of halogens is 4. The van der Waals surface area contributed by atoms with Gasteiger partial charge in [-0.2, -0.15) is 0 Å². The maximum atomic E-state index is 15.1. The largest absolute Gasteiger partial charge is 0.493 e. The van der Waals surface area contributed by atoms with E-state index in [-0.39, 0.29) is 29.4 Å². The molecule has 0 aliphatic rings. The zero-order valence-corrected chi connectivity index (χ0v) is 22.7. The van der Waals surface area contributed by atoms with Crippen molar-refractivity contribution in [3.05, 3.63) is 87.2 Å².